The Morgan fingerprint density at radius 2 is 0.871 bits per heavy atom. The fourth-order valence-electron chi connectivity index (χ4n) is 9.70. The highest BCUT2D eigenvalue weighted by Crippen LogP contribution is 2.43. The molecule has 0 aliphatic carbocycles. The van der Waals surface area contributed by atoms with Crippen molar-refractivity contribution in [3.8, 4) is 45.5 Å². The van der Waals surface area contributed by atoms with Crippen LogP contribution in [0.4, 0.5) is 0 Å². The molecule has 0 N–H and O–H groups in total. The summed E-state index contributed by atoms with van der Waals surface area (Å²) in [5.74, 6) is 1.92. The van der Waals surface area contributed by atoms with E-state index in [1.54, 1.807) is 0 Å². The van der Waals surface area contributed by atoms with E-state index in [1.807, 2.05) is 36.4 Å². The maximum absolute atomic E-state index is 5.16. The Hall–Kier alpha value is -8.41. The van der Waals surface area contributed by atoms with Gasteiger partial charge in [0.15, 0.2) is 17.5 Å². The van der Waals surface area contributed by atoms with E-state index in [9.17, 15) is 0 Å². The van der Waals surface area contributed by atoms with Crippen LogP contribution in [0.15, 0.2) is 212 Å². The lowest BCUT2D eigenvalue weighted by atomic mass is 10.0. The molecule has 5 nitrogen and oxygen atoms in total. The van der Waals surface area contributed by atoms with Gasteiger partial charge in [-0.2, -0.15) is 0 Å². The Morgan fingerprint density at radius 1 is 0.290 bits per heavy atom. The van der Waals surface area contributed by atoms with Crippen LogP contribution in [0, 0.1) is 0 Å². The smallest absolute Gasteiger partial charge is 0.164 e. The fourth-order valence-corrected chi connectivity index (χ4v) is 9.70. The third-order valence-electron chi connectivity index (χ3n) is 12.5. The molecule has 0 unspecified atom stereocenters. The summed E-state index contributed by atoms with van der Waals surface area (Å²) in [4.78, 5) is 15.3. The highest BCUT2D eigenvalue weighted by Gasteiger charge is 2.22. The van der Waals surface area contributed by atoms with E-state index in [-0.39, 0.29) is 0 Å². The summed E-state index contributed by atoms with van der Waals surface area (Å²) in [5.41, 5.74) is 9.74. The normalized spacial score (nSPS) is 11.9. The van der Waals surface area contributed by atoms with Gasteiger partial charge in [-0.05, 0) is 57.9 Å². The zero-order valence-electron chi connectivity index (χ0n) is 33.4. The lowest BCUT2D eigenvalue weighted by molar-refractivity contribution is 1.08. The van der Waals surface area contributed by atoms with E-state index >= 15 is 0 Å². The number of hydrogen-bond acceptors (Lipinski definition) is 3. The van der Waals surface area contributed by atoms with Gasteiger partial charge in [0.1, 0.15) is 0 Å². The molecule has 13 rings (SSSR count). The molecule has 0 radical (unpaired) electrons. The Kier molecular flexibility index (Phi) is 7.54. The lowest BCUT2D eigenvalue weighted by Crippen LogP contribution is -2.01. The number of rotatable bonds is 5. The molecule has 13 aromatic rings. The van der Waals surface area contributed by atoms with Crippen molar-refractivity contribution in [2.75, 3.05) is 0 Å². The molecule has 288 valence electrons. The molecule has 0 spiro atoms. The summed E-state index contributed by atoms with van der Waals surface area (Å²) < 4.78 is 4.94. The minimum atomic E-state index is 0.634. The Bertz CT molecular complexity index is 3860. The van der Waals surface area contributed by atoms with Crippen LogP contribution in [0.1, 0.15) is 0 Å². The van der Waals surface area contributed by atoms with Crippen LogP contribution in [0.3, 0.4) is 0 Å². The second-order valence-corrected chi connectivity index (χ2v) is 16.0. The minimum Gasteiger partial charge on any atom is -0.309 e. The molecule has 0 aliphatic rings. The number of fused-ring (bicyclic) bond motifs is 10. The van der Waals surface area contributed by atoms with Gasteiger partial charge < -0.3 is 9.13 Å². The quantitative estimate of drug-likeness (QED) is 0.174. The van der Waals surface area contributed by atoms with Crippen LogP contribution in [-0.2, 0) is 0 Å². The zero-order valence-corrected chi connectivity index (χ0v) is 33.4. The summed E-state index contributed by atoms with van der Waals surface area (Å²) in [6, 6.07) is 75.8. The Labute approximate surface area is 356 Å². The SMILES string of the molecule is c1ccc(-c2nc(-c3ccccc3)nc(-c3cccc4c(-n5c6cc7c(cc6c6ccc8ccccc8c65)c5ccccc5n7-c5ccc6ccccc6c5)cccc34)n2)cc1. The summed E-state index contributed by atoms with van der Waals surface area (Å²) >= 11 is 0. The van der Waals surface area contributed by atoms with Crippen molar-refractivity contribution >= 4 is 75.9 Å². The molecule has 62 heavy (non-hydrogen) atoms. The van der Waals surface area contributed by atoms with Gasteiger partial charge >= 0.3 is 0 Å². The number of nitrogens with zero attached hydrogens (tertiary/aromatic N) is 5. The van der Waals surface area contributed by atoms with E-state index in [4.69, 9.17) is 15.0 Å². The van der Waals surface area contributed by atoms with Crippen molar-refractivity contribution in [2.45, 2.75) is 0 Å². The van der Waals surface area contributed by atoms with Crippen molar-refractivity contribution < 1.29 is 0 Å². The summed E-state index contributed by atoms with van der Waals surface area (Å²) in [7, 11) is 0. The highest BCUT2D eigenvalue weighted by molar-refractivity contribution is 6.24. The van der Waals surface area contributed by atoms with E-state index < -0.39 is 0 Å². The third kappa shape index (κ3) is 5.25. The van der Waals surface area contributed by atoms with Crippen LogP contribution in [0.2, 0.25) is 0 Å². The number of hydrogen-bond donors (Lipinski definition) is 0. The molecule has 0 bridgehead atoms. The lowest BCUT2D eigenvalue weighted by Gasteiger charge is -2.15. The average molecular weight is 790 g/mol. The van der Waals surface area contributed by atoms with Crippen LogP contribution in [0.25, 0.3) is 121 Å². The number of benzene rings is 10. The second-order valence-electron chi connectivity index (χ2n) is 16.0. The summed E-state index contributed by atoms with van der Waals surface area (Å²) in [5, 5.41) is 11.9. The summed E-state index contributed by atoms with van der Waals surface area (Å²) in [6.45, 7) is 0. The predicted octanol–water partition coefficient (Wildman–Crippen LogP) is 14.5. The molecule has 10 aromatic carbocycles. The van der Waals surface area contributed by atoms with Crippen molar-refractivity contribution in [1.82, 2.24) is 24.1 Å². The molecular weight excluding hydrogens is 755 g/mol. The average Bonchev–Trinajstić information content (AvgIpc) is 3.85. The van der Waals surface area contributed by atoms with Gasteiger partial charge in [0, 0.05) is 54.7 Å². The van der Waals surface area contributed by atoms with Gasteiger partial charge in [0.25, 0.3) is 0 Å². The van der Waals surface area contributed by atoms with Crippen LogP contribution < -0.4 is 0 Å². The maximum atomic E-state index is 5.16. The first-order chi connectivity index (χ1) is 30.7. The van der Waals surface area contributed by atoms with Gasteiger partial charge in [-0.3, -0.25) is 0 Å². The predicted molar refractivity (Wildman–Crippen MR) is 257 cm³/mol. The topological polar surface area (TPSA) is 48.5 Å². The molecule has 0 fully saturated rings. The van der Waals surface area contributed by atoms with Crippen molar-refractivity contribution in [3.63, 3.8) is 0 Å². The molecule has 0 saturated heterocycles. The molecule has 0 amide bonds. The molecular formula is C57H35N5. The monoisotopic (exact) mass is 789 g/mol. The standard InChI is InChI=1S/C57H35N5/c1-3-17-38(18-4-1)55-58-56(39-19-5-2-6-20-39)60-57(59-55)47-26-13-25-44-43(47)24-14-28-51(44)62-53-35-52-48(34-49(53)46-32-30-37-16-9-10-22-42(37)54(46)62)45-23-11-12-27-50(45)61(52)41-31-29-36-15-7-8-21-40(36)33-41/h1-35H. The molecule has 0 aliphatic heterocycles. The molecule has 3 aromatic heterocycles. The Balaban J connectivity index is 1.11. The zero-order chi connectivity index (χ0) is 40.7. The van der Waals surface area contributed by atoms with Gasteiger partial charge in [0.05, 0.1) is 27.8 Å². The molecule has 0 atom stereocenters. The van der Waals surface area contributed by atoms with Crippen molar-refractivity contribution in [2.24, 2.45) is 0 Å². The molecule has 5 heteroatoms. The first kappa shape index (κ1) is 34.5. The summed E-state index contributed by atoms with van der Waals surface area (Å²) in [6.07, 6.45) is 0. The fraction of sp³-hybridized carbons (Fsp3) is 0. The Morgan fingerprint density at radius 3 is 1.66 bits per heavy atom. The largest absolute Gasteiger partial charge is 0.309 e. The van der Waals surface area contributed by atoms with Crippen LogP contribution in [-0.4, -0.2) is 24.1 Å². The molecule has 3 heterocycles. The van der Waals surface area contributed by atoms with Gasteiger partial charge in [-0.1, -0.05) is 176 Å². The van der Waals surface area contributed by atoms with Gasteiger partial charge in [-0.15, -0.1) is 0 Å². The first-order valence-corrected chi connectivity index (χ1v) is 21.0. The first-order valence-electron chi connectivity index (χ1n) is 21.0. The van der Waals surface area contributed by atoms with E-state index in [1.165, 1.54) is 54.1 Å². The second kappa shape index (κ2) is 13.6. The van der Waals surface area contributed by atoms with Crippen molar-refractivity contribution in [1.29, 1.82) is 0 Å². The number of aromatic nitrogens is 5. The third-order valence-corrected chi connectivity index (χ3v) is 12.5. The van der Waals surface area contributed by atoms with E-state index in [0.29, 0.717) is 17.5 Å². The van der Waals surface area contributed by atoms with E-state index in [2.05, 4.69) is 185 Å². The highest BCUT2D eigenvalue weighted by atomic mass is 15.0. The van der Waals surface area contributed by atoms with Gasteiger partial charge in [-0.25, -0.2) is 15.0 Å². The van der Waals surface area contributed by atoms with Crippen LogP contribution >= 0.6 is 0 Å². The van der Waals surface area contributed by atoms with Gasteiger partial charge in [0.2, 0.25) is 0 Å². The number of para-hydroxylation sites is 1. The minimum absolute atomic E-state index is 0.634. The molecule has 0 saturated carbocycles. The van der Waals surface area contributed by atoms with Crippen LogP contribution in [0.5, 0.6) is 0 Å². The van der Waals surface area contributed by atoms with Crippen molar-refractivity contribution in [3.05, 3.63) is 212 Å². The maximum Gasteiger partial charge on any atom is 0.164 e. The van der Waals surface area contributed by atoms with E-state index in [0.717, 1.165) is 49.9 Å².